The molecule has 0 aromatic heterocycles. The third-order valence-corrected chi connectivity index (χ3v) is 10.1. The van der Waals surface area contributed by atoms with Crippen LogP contribution in [-0.4, -0.2) is 61.4 Å². The van der Waals surface area contributed by atoms with E-state index < -0.39 is 43.1 Å². The summed E-state index contributed by atoms with van der Waals surface area (Å²) in [6, 6.07) is 40.2. The number of hydrogen-bond donors (Lipinski definition) is 1. The van der Waals surface area contributed by atoms with Gasteiger partial charge in [-0.2, -0.15) is 0 Å². The van der Waals surface area contributed by atoms with Gasteiger partial charge in [0.25, 0.3) is 0 Å². The van der Waals surface area contributed by atoms with Crippen molar-refractivity contribution in [2.24, 2.45) is 17.8 Å². The zero-order valence-corrected chi connectivity index (χ0v) is 29.9. The van der Waals surface area contributed by atoms with Crippen molar-refractivity contribution in [1.29, 1.82) is 0 Å². The Morgan fingerprint density at radius 3 is 1.41 bits per heavy atom. The van der Waals surface area contributed by atoms with E-state index in [1.54, 1.807) is 0 Å². The summed E-state index contributed by atoms with van der Waals surface area (Å²) < 4.78 is 45.7. The Kier molecular flexibility index (Phi) is 13.8. The average molecular weight is 697 g/mol. The summed E-state index contributed by atoms with van der Waals surface area (Å²) in [4.78, 5) is 0. The first-order chi connectivity index (χ1) is 25.0. The molecule has 6 rings (SSSR count). The van der Waals surface area contributed by atoms with E-state index in [9.17, 15) is 5.11 Å². The molecule has 4 aromatic carbocycles. The van der Waals surface area contributed by atoms with Gasteiger partial charge in [-0.25, -0.2) is 0 Å². The van der Waals surface area contributed by atoms with E-state index in [2.05, 4.69) is 13.8 Å². The maximum absolute atomic E-state index is 11.2. The lowest BCUT2D eigenvalue weighted by Gasteiger charge is -2.48. The summed E-state index contributed by atoms with van der Waals surface area (Å²) in [6.07, 6.45) is -3.92. The maximum atomic E-state index is 11.2. The molecule has 0 spiro atoms. The highest BCUT2D eigenvalue weighted by Gasteiger charge is 2.49. The Morgan fingerprint density at radius 1 is 0.471 bits per heavy atom. The van der Waals surface area contributed by atoms with Gasteiger partial charge in [0, 0.05) is 11.8 Å². The predicted octanol–water partition coefficient (Wildman–Crippen LogP) is 7.33. The lowest BCUT2D eigenvalue weighted by Crippen LogP contribution is -2.60. The summed E-state index contributed by atoms with van der Waals surface area (Å²) in [5, 5.41) is 11.2. The second-order valence-electron chi connectivity index (χ2n) is 13.8. The Labute approximate surface area is 302 Å². The third-order valence-electron chi connectivity index (χ3n) is 10.1. The van der Waals surface area contributed by atoms with Crippen LogP contribution >= 0.6 is 0 Å². The van der Waals surface area contributed by atoms with Crippen LogP contribution in [0.4, 0.5) is 0 Å². The van der Waals surface area contributed by atoms with E-state index in [1.165, 1.54) is 0 Å². The molecule has 272 valence electrons. The van der Waals surface area contributed by atoms with Gasteiger partial charge in [0.2, 0.25) is 0 Å². The van der Waals surface area contributed by atoms with Crippen LogP contribution in [-0.2, 0) is 59.6 Å². The summed E-state index contributed by atoms with van der Waals surface area (Å²) in [5.74, 6) is -0.354. The Morgan fingerprint density at radius 2 is 0.902 bits per heavy atom. The molecular formula is C43H52O8. The Balaban J connectivity index is 1.20. The van der Waals surface area contributed by atoms with Crippen LogP contribution in [0, 0.1) is 17.8 Å². The molecule has 2 fully saturated rings. The Bertz CT molecular complexity index is 1540. The van der Waals surface area contributed by atoms with Crippen LogP contribution in [0.25, 0.3) is 0 Å². The summed E-state index contributed by atoms with van der Waals surface area (Å²) in [7, 11) is 0. The number of aliphatic hydroxyl groups excluding tert-OH is 1. The molecule has 4 unspecified atom stereocenters. The number of ether oxygens (including phenoxy) is 7. The molecule has 8 heteroatoms. The van der Waals surface area contributed by atoms with Crippen LogP contribution in [0.2, 0.25) is 0 Å². The molecule has 4 aromatic rings. The van der Waals surface area contributed by atoms with Crippen LogP contribution in [0.5, 0.6) is 0 Å². The number of rotatable bonds is 16. The molecule has 0 aliphatic carbocycles. The minimum Gasteiger partial charge on any atom is -0.390 e. The first-order valence-electron chi connectivity index (χ1n) is 18.1. The highest BCUT2D eigenvalue weighted by molar-refractivity contribution is 5.16. The second-order valence-corrected chi connectivity index (χ2v) is 13.8. The normalized spacial score (nSPS) is 29.5. The zero-order chi connectivity index (χ0) is 35.4. The lowest BCUT2D eigenvalue weighted by atomic mass is 9.84. The van der Waals surface area contributed by atoms with Crippen LogP contribution in [0.1, 0.15) is 43.0 Å². The predicted molar refractivity (Wildman–Crippen MR) is 194 cm³/mol. The number of benzene rings is 4. The van der Waals surface area contributed by atoms with E-state index in [-0.39, 0.29) is 31.0 Å². The SMILES string of the molecule is CC1[C@H](O[C@@H]2C(COCc3ccccc3)O[C@@H](OCc3ccccc3)C(OCc3ccccc3)[C@H]2C)OC(COCc2ccccc2)[C@H](O)[C@@H]1C. The molecule has 0 bridgehead atoms. The number of aliphatic hydroxyl groups is 1. The minimum atomic E-state index is -0.696. The van der Waals surface area contributed by atoms with Crippen LogP contribution < -0.4 is 0 Å². The molecule has 10 atom stereocenters. The van der Waals surface area contributed by atoms with Crippen molar-refractivity contribution < 1.29 is 38.3 Å². The first-order valence-corrected chi connectivity index (χ1v) is 18.1. The Hall–Kier alpha value is -3.44. The van der Waals surface area contributed by atoms with Gasteiger partial charge in [-0.05, 0) is 28.2 Å². The first kappa shape index (κ1) is 37.3. The molecule has 1 N–H and O–H groups in total. The minimum absolute atomic E-state index is 0.0891. The van der Waals surface area contributed by atoms with Crippen molar-refractivity contribution in [2.45, 2.75) is 90.3 Å². The third kappa shape index (κ3) is 10.3. The average Bonchev–Trinajstić information content (AvgIpc) is 3.17. The van der Waals surface area contributed by atoms with Gasteiger partial charge in [0.15, 0.2) is 12.6 Å². The fourth-order valence-corrected chi connectivity index (χ4v) is 6.79. The fourth-order valence-electron chi connectivity index (χ4n) is 6.79. The lowest BCUT2D eigenvalue weighted by molar-refractivity contribution is -0.348. The van der Waals surface area contributed by atoms with E-state index in [0.29, 0.717) is 26.4 Å². The molecule has 2 aliphatic rings. The van der Waals surface area contributed by atoms with Gasteiger partial charge < -0.3 is 38.3 Å². The van der Waals surface area contributed by atoms with Crippen LogP contribution in [0.15, 0.2) is 121 Å². The molecular weight excluding hydrogens is 644 g/mol. The van der Waals surface area contributed by atoms with Crippen molar-refractivity contribution >= 4 is 0 Å². The van der Waals surface area contributed by atoms with Crippen molar-refractivity contribution in [3.63, 3.8) is 0 Å². The molecule has 2 heterocycles. The van der Waals surface area contributed by atoms with E-state index in [0.717, 1.165) is 22.3 Å². The van der Waals surface area contributed by atoms with Crippen LogP contribution in [0.3, 0.4) is 0 Å². The van der Waals surface area contributed by atoms with E-state index in [1.807, 2.05) is 128 Å². The summed E-state index contributed by atoms with van der Waals surface area (Å²) >= 11 is 0. The standard InChI is InChI=1S/C43H52O8/c1-30-31(2)42(49-37(39(30)44)28-45-24-33-16-8-4-9-17-33)51-40-32(3)41(47-26-35-20-12-6-13-21-35)43(48-27-36-22-14-7-15-23-36)50-38(40)29-46-25-34-18-10-5-11-19-34/h4-23,30-32,37-44H,24-29H2,1-3H3/t30-,31?,32+,37?,38?,39-,40+,41?,42+,43-/m1/s1. The van der Waals surface area contributed by atoms with Crippen molar-refractivity contribution in [1.82, 2.24) is 0 Å². The fraction of sp³-hybridized carbons (Fsp3) is 0.442. The molecule has 2 saturated heterocycles. The molecule has 8 nitrogen and oxygen atoms in total. The van der Waals surface area contributed by atoms with Crippen molar-refractivity contribution in [2.75, 3.05) is 13.2 Å². The van der Waals surface area contributed by atoms with E-state index >= 15 is 0 Å². The second kappa shape index (κ2) is 18.9. The molecule has 2 aliphatic heterocycles. The summed E-state index contributed by atoms with van der Waals surface area (Å²) in [6.45, 7) is 8.38. The van der Waals surface area contributed by atoms with E-state index in [4.69, 9.17) is 33.2 Å². The highest BCUT2D eigenvalue weighted by atomic mass is 16.7. The molecule has 0 saturated carbocycles. The summed E-state index contributed by atoms with van der Waals surface area (Å²) in [5.41, 5.74) is 4.24. The molecule has 0 amide bonds. The van der Waals surface area contributed by atoms with Gasteiger partial charge in [0.05, 0.1) is 51.8 Å². The van der Waals surface area contributed by atoms with Gasteiger partial charge in [-0.3, -0.25) is 0 Å². The van der Waals surface area contributed by atoms with Gasteiger partial charge in [0.1, 0.15) is 18.3 Å². The van der Waals surface area contributed by atoms with Gasteiger partial charge in [-0.1, -0.05) is 142 Å². The maximum Gasteiger partial charge on any atom is 0.185 e. The van der Waals surface area contributed by atoms with Crippen molar-refractivity contribution in [3.05, 3.63) is 144 Å². The number of hydrogen-bond acceptors (Lipinski definition) is 8. The monoisotopic (exact) mass is 696 g/mol. The van der Waals surface area contributed by atoms with Crippen molar-refractivity contribution in [3.8, 4) is 0 Å². The smallest absolute Gasteiger partial charge is 0.185 e. The largest absolute Gasteiger partial charge is 0.390 e. The topological polar surface area (TPSA) is 84.8 Å². The zero-order valence-electron chi connectivity index (χ0n) is 29.9. The molecule has 51 heavy (non-hydrogen) atoms. The quantitative estimate of drug-likeness (QED) is 0.131. The molecule has 0 radical (unpaired) electrons. The van der Waals surface area contributed by atoms with Gasteiger partial charge in [-0.15, -0.1) is 0 Å². The highest BCUT2D eigenvalue weighted by Crippen LogP contribution is 2.38. The van der Waals surface area contributed by atoms with Gasteiger partial charge >= 0.3 is 0 Å².